The van der Waals surface area contributed by atoms with E-state index < -0.39 is 0 Å². The Morgan fingerprint density at radius 3 is 1.60 bits per heavy atom. The Kier molecular flexibility index (Phi) is 13.5. The van der Waals surface area contributed by atoms with Crippen LogP contribution in [-0.4, -0.2) is 3.21 Å². The summed E-state index contributed by atoms with van der Waals surface area (Å²) >= 11 is 1.46. The van der Waals surface area contributed by atoms with E-state index in [1.807, 2.05) is 30.3 Å². The molecular weight excluding hydrogens is 631 g/mol. The van der Waals surface area contributed by atoms with Gasteiger partial charge in [-0.15, -0.1) is 5.56 Å². The largest absolute Gasteiger partial charge is 0.214 e. The van der Waals surface area contributed by atoms with E-state index in [9.17, 15) is 0 Å². The first-order valence-electron chi connectivity index (χ1n) is 14.1. The Hall–Kier alpha value is -2.44. The molecule has 1 aliphatic rings. The van der Waals surface area contributed by atoms with Gasteiger partial charge in [-0.05, 0) is 17.4 Å². The smallest absolute Gasteiger partial charge is 0.172 e. The Balaban J connectivity index is 0.000000253. The van der Waals surface area contributed by atoms with Crippen molar-refractivity contribution < 1.29 is 49.0 Å². The fourth-order valence-corrected chi connectivity index (χ4v) is 5.50. The van der Waals surface area contributed by atoms with E-state index >= 15 is 0 Å². The fourth-order valence-electron chi connectivity index (χ4n) is 4.68. The van der Waals surface area contributed by atoms with Crippen molar-refractivity contribution in [2.24, 2.45) is 0 Å². The molecule has 1 aliphatic carbocycles. The van der Waals surface area contributed by atoms with Crippen molar-refractivity contribution >= 4 is 3.21 Å². The SMILES string of the molecule is CC(C)(C)c1c[c-]c2c(c1)-c1cc(C(C)(C)C)ccc1C2.[Cl-].[Cl-].[Zr+2]=[C](c1ccccc1)c1ccccc1.c1cc[cH-]c1. The molecule has 0 nitrogen and oxygen atoms in total. The molecule has 0 heterocycles. The standard InChI is InChI=1S/C21H25.C13H10.C5H5.2ClH.Zr/c1-20(2,3)16-9-7-14-11-15-8-10-17(21(4,5)6)13-19(15)18(14)12-16;1-3-7-12(8-4-1)11-13-9-5-2-6-10-13;1-2-4-5-3-1;;;/h7,9-10,12-13H,11H2,1-6H3;1-10H;1-5H;2*1H;/q-1;;-1;;;+2/p-2. The molecule has 0 aromatic heterocycles. The van der Waals surface area contributed by atoms with E-state index in [0.717, 1.165) is 6.42 Å². The minimum atomic E-state index is 0. The van der Waals surface area contributed by atoms with Crippen molar-refractivity contribution in [1.29, 1.82) is 0 Å². The van der Waals surface area contributed by atoms with Gasteiger partial charge in [0.15, 0.2) is 0 Å². The molecule has 0 bridgehead atoms. The molecule has 0 radical (unpaired) electrons. The maximum absolute atomic E-state index is 3.53. The van der Waals surface area contributed by atoms with E-state index in [-0.39, 0.29) is 35.6 Å². The van der Waals surface area contributed by atoms with E-state index in [1.54, 1.807) is 0 Å². The third kappa shape index (κ3) is 9.54. The third-order valence-electron chi connectivity index (χ3n) is 7.21. The second kappa shape index (κ2) is 15.9. The van der Waals surface area contributed by atoms with Gasteiger partial charge in [0, 0.05) is 0 Å². The van der Waals surface area contributed by atoms with Crippen LogP contribution >= 0.6 is 0 Å². The topological polar surface area (TPSA) is 0 Å². The zero-order valence-electron chi connectivity index (χ0n) is 25.5. The number of hydrogen-bond donors (Lipinski definition) is 0. The van der Waals surface area contributed by atoms with Gasteiger partial charge in [0.2, 0.25) is 0 Å². The van der Waals surface area contributed by atoms with Crippen molar-refractivity contribution in [2.75, 3.05) is 0 Å². The van der Waals surface area contributed by atoms with Crippen molar-refractivity contribution in [1.82, 2.24) is 0 Å². The molecule has 216 valence electrons. The molecule has 0 aliphatic heterocycles. The molecule has 5 aromatic rings. The van der Waals surface area contributed by atoms with Crippen LogP contribution in [0.25, 0.3) is 11.1 Å². The van der Waals surface area contributed by atoms with E-state index in [2.05, 4.69) is 139 Å². The molecule has 3 heteroatoms. The van der Waals surface area contributed by atoms with Crippen molar-refractivity contribution in [3.05, 3.63) is 161 Å². The molecule has 0 unspecified atom stereocenters. The summed E-state index contributed by atoms with van der Waals surface area (Å²) in [7, 11) is 0. The number of hydrogen-bond acceptors (Lipinski definition) is 0. The van der Waals surface area contributed by atoms with Gasteiger partial charge < -0.3 is 24.8 Å². The van der Waals surface area contributed by atoms with Crippen molar-refractivity contribution in [3.8, 4) is 11.1 Å². The second-order valence-electron chi connectivity index (χ2n) is 12.4. The molecular formula is C39H40Cl2Zr-2. The maximum atomic E-state index is 3.53. The summed E-state index contributed by atoms with van der Waals surface area (Å²) in [5.41, 5.74) is 11.4. The van der Waals surface area contributed by atoms with Crippen LogP contribution < -0.4 is 24.8 Å². The quantitative estimate of drug-likeness (QED) is 0.246. The Morgan fingerprint density at radius 1 is 0.643 bits per heavy atom. The summed E-state index contributed by atoms with van der Waals surface area (Å²) in [6.45, 7) is 13.6. The zero-order valence-corrected chi connectivity index (χ0v) is 29.5. The molecule has 0 amide bonds. The summed E-state index contributed by atoms with van der Waals surface area (Å²) in [5, 5.41) is 0. The fraction of sp³-hybridized carbons (Fsp3) is 0.231. The number of fused-ring (bicyclic) bond motifs is 3. The van der Waals surface area contributed by atoms with Crippen LogP contribution in [0.3, 0.4) is 0 Å². The van der Waals surface area contributed by atoms with Crippen LogP contribution in [0, 0.1) is 6.07 Å². The second-order valence-corrected chi connectivity index (χ2v) is 13.6. The van der Waals surface area contributed by atoms with Crippen LogP contribution in [0.4, 0.5) is 0 Å². The number of rotatable bonds is 2. The Labute approximate surface area is 281 Å². The van der Waals surface area contributed by atoms with E-state index in [0.29, 0.717) is 0 Å². The molecule has 5 aromatic carbocycles. The number of benzene rings is 4. The molecule has 0 fully saturated rings. The summed E-state index contributed by atoms with van der Waals surface area (Å²) in [4.78, 5) is 0. The maximum Gasteiger partial charge on any atom is -0.172 e. The van der Waals surface area contributed by atoms with Crippen LogP contribution in [-0.2, 0) is 41.5 Å². The van der Waals surface area contributed by atoms with E-state index in [4.69, 9.17) is 0 Å². The van der Waals surface area contributed by atoms with Gasteiger partial charge in [0.1, 0.15) is 0 Å². The van der Waals surface area contributed by atoms with Crippen LogP contribution in [0.2, 0.25) is 0 Å². The van der Waals surface area contributed by atoms with Gasteiger partial charge in [-0.1, -0.05) is 76.3 Å². The van der Waals surface area contributed by atoms with Crippen molar-refractivity contribution in [2.45, 2.75) is 58.8 Å². The first kappa shape index (κ1) is 35.8. The van der Waals surface area contributed by atoms with Gasteiger partial charge in [0.05, 0.1) is 0 Å². The summed E-state index contributed by atoms with van der Waals surface area (Å²) in [6.07, 6.45) is 1.03. The predicted octanol–water partition coefficient (Wildman–Crippen LogP) is 3.87. The average molecular weight is 671 g/mol. The van der Waals surface area contributed by atoms with Gasteiger partial charge in [-0.3, -0.25) is 0 Å². The average Bonchev–Trinajstić information content (AvgIpc) is 3.64. The van der Waals surface area contributed by atoms with Crippen molar-refractivity contribution in [3.63, 3.8) is 0 Å². The summed E-state index contributed by atoms with van der Waals surface area (Å²) in [6, 6.07) is 46.2. The Morgan fingerprint density at radius 2 is 1.14 bits per heavy atom. The molecule has 0 saturated carbocycles. The molecule has 0 N–H and O–H groups in total. The summed E-state index contributed by atoms with van der Waals surface area (Å²) < 4.78 is 1.42. The molecule has 6 rings (SSSR count). The Bertz CT molecular complexity index is 1400. The summed E-state index contributed by atoms with van der Waals surface area (Å²) in [5.74, 6) is 0. The molecule has 42 heavy (non-hydrogen) atoms. The molecule has 0 atom stereocenters. The molecule has 0 spiro atoms. The van der Waals surface area contributed by atoms with E-state index in [1.165, 1.54) is 71.9 Å². The van der Waals surface area contributed by atoms with Crippen LogP contribution in [0.1, 0.15) is 74.9 Å². The minimum Gasteiger partial charge on any atom is -0.214 e. The van der Waals surface area contributed by atoms with Gasteiger partial charge in [-0.25, -0.2) is 12.1 Å². The van der Waals surface area contributed by atoms with Gasteiger partial charge in [-0.2, -0.15) is 47.5 Å². The van der Waals surface area contributed by atoms with Gasteiger partial charge in [0.25, 0.3) is 0 Å². The van der Waals surface area contributed by atoms with Crippen LogP contribution in [0.15, 0.2) is 121 Å². The minimum absolute atomic E-state index is 0. The van der Waals surface area contributed by atoms with Gasteiger partial charge >= 0.3 is 99.2 Å². The van der Waals surface area contributed by atoms with Crippen LogP contribution in [0.5, 0.6) is 0 Å². The number of halogens is 2. The predicted molar refractivity (Wildman–Crippen MR) is 169 cm³/mol. The first-order chi connectivity index (χ1) is 19.0. The molecule has 0 saturated heterocycles. The zero-order chi connectivity index (χ0) is 28.8. The first-order valence-corrected chi connectivity index (χ1v) is 15.3. The monoisotopic (exact) mass is 668 g/mol. The third-order valence-corrected chi connectivity index (χ3v) is 8.63. The normalized spacial score (nSPS) is 11.2.